The van der Waals surface area contributed by atoms with Crippen molar-refractivity contribution < 1.29 is 19.4 Å². The zero-order valence-electron chi connectivity index (χ0n) is 9.36. The summed E-state index contributed by atoms with van der Waals surface area (Å²) in [5.74, 6) is -0.335. The molecule has 0 aliphatic heterocycles. The minimum Gasteiger partial charge on any atom is -0.480 e. The van der Waals surface area contributed by atoms with Crippen LogP contribution < -0.4 is 4.74 Å². The van der Waals surface area contributed by atoms with Crippen molar-refractivity contribution in [2.45, 2.75) is 12.5 Å². The SMILES string of the molecule is [B]C([B])(O)Oc1c(Br)ccc(C(=O)OC)c1C. The molecule has 0 aromatic heterocycles. The molecule has 0 heterocycles. The molecule has 0 fully saturated rings. The van der Waals surface area contributed by atoms with Gasteiger partial charge in [-0.05, 0) is 35.0 Å². The number of carbonyl (C=O) groups excluding carboxylic acids is 1. The van der Waals surface area contributed by atoms with Gasteiger partial charge in [0.1, 0.15) is 11.3 Å². The van der Waals surface area contributed by atoms with Crippen molar-refractivity contribution >= 4 is 37.6 Å². The van der Waals surface area contributed by atoms with Crippen LogP contribution in [-0.4, -0.2) is 39.5 Å². The van der Waals surface area contributed by atoms with Gasteiger partial charge in [0.15, 0.2) is 15.7 Å². The molecule has 0 aliphatic carbocycles. The Hall–Kier alpha value is -0.940. The maximum Gasteiger partial charge on any atom is 0.338 e. The summed E-state index contributed by atoms with van der Waals surface area (Å²) >= 11 is 3.21. The first-order valence-electron chi connectivity index (χ1n) is 4.63. The molecular formula is C10H9B2BrO4. The minimum absolute atomic E-state index is 0.181. The molecular weight excluding hydrogens is 286 g/mol. The number of ether oxygens (including phenoxy) is 2. The van der Waals surface area contributed by atoms with Crippen LogP contribution in [0.1, 0.15) is 15.9 Å². The smallest absolute Gasteiger partial charge is 0.338 e. The van der Waals surface area contributed by atoms with Crippen LogP contribution in [0.25, 0.3) is 0 Å². The van der Waals surface area contributed by atoms with E-state index in [9.17, 15) is 9.90 Å². The number of carbonyl (C=O) groups is 1. The van der Waals surface area contributed by atoms with E-state index in [4.69, 9.17) is 20.4 Å². The fourth-order valence-corrected chi connectivity index (χ4v) is 1.79. The van der Waals surface area contributed by atoms with Gasteiger partial charge in [-0.2, -0.15) is 0 Å². The van der Waals surface area contributed by atoms with Gasteiger partial charge in [0.25, 0.3) is 0 Å². The molecule has 17 heavy (non-hydrogen) atoms. The summed E-state index contributed by atoms with van der Waals surface area (Å²) in [7, 11) is 11.5. The monoisotopic (exact) mass is 294 g/mol. The maximum atomic E-state index is 11.4. The van der Waals surface area contributed by atoms with E-state index in [0.29, 0.717) is 15.6 Å². The first kappa shape index (κ1) is 14.1. The Morgan fingerprint density at radius 1 is 1.47 bits per heavy atom. The van der Waals surface area contributed by atoms with Crippen LogP contribution in [0.3, 0.4) is 0 Å². The molecule has 1 aromatic carbocycles. The fourth-order valence-electron chi connectivity index (χ4n) is 1.28. The molecule has 0 unspecified atom stereocenters. The Bertz CT molecular complexity index is 443. The molecule has 0 saturated carbocycles. The quantitative estimate of drug-likeness (QED) is 0.510. The Labute approximate surface area is 110 Å². The molecule has 1 aromatic rings. The first-order valence-corrected chi connectivity index (χ1v) is 5.42. The molecule has 0 saturated heterocycles. The predicted octanol–water partition coefficient (Wildman–Crippen LogP) is 0.864. The van der Waals surface area contributed by atoms with Gasteiger partial charge in [0, 0.05) is 5.56 Å². The highest BCUT2D eigenvalue weighted by Gasteiger charge is 2.20. The average molecular weight is 295 g/mol. The first-order chi connectivity index (χ1) is 7.76. The summed E-state index contributed by atoms with van der Waals surface area (Å²) in [4.78, 5) is 11.4. The molecule has 1 rings (SSSR count). The molecule has 0 spiro atoms. The second kappa shape index (κ2) is 5.14. The third-order valence-corrected chi connectivity index (χ3v) is 2.65. The second-order valence-corrected chi connectivity index (χ2v) is 4.25. The van der Waals surface area contributed by atoms with Crippen molar-refractivity contribution in [1.29, 1.82) is 0 Å². The number of rotatable bonds is 3. The van der Waals surface area contributed by atoms with Crippen molar-refractivity contribution in [3.05, 3.63) is 27.7 Å². The molecule has 0 atom stereocenters. The van der Waals surface area contributed by atoms with E-state index < -0.39 is 11.6 Å². The summed E-state index contributed by atoms with van der Waals surface area (Å²) in [5.41, 5.74) is -1.56. The van der Waals surface area contributed by atoms with E-state index >= 15 is 0 Å². The molecule has 0 aliphatic rings. The predicted molar refractivity (Wildman–Crippen MR) is 67.3 cm³/mol. The standard InChI is InChI=1S/C10H9B2BrO4/c1-5-6(9(14)16-2)3-4-7(13)8(5)17-10(11,12)15/h3-4,15H,1-2H3. The summed E-state index contributed by atoms with van der Waals surface area (Å²) < 4.78 is 10.1. The van der Waals surface area contributed by atoms with E-state index in [0.717, 1.165) is 0 Å². The van der Waals surface area contributed by atoms with Crippen molar-refractivity contribution in [3.8, 4) is 5.75 Å². The van der Waals surface area contributed by atoms with E-state index in [2.05, 4.69) is 20.7 Å². The molecule has 4 nitrogen and oxygen atoms in total. The molecule has 0 bridgehead atoms. The zero-order chi connectivity index (χ0) is 13.2. The zero-order valence-corrected chi connectivity index (χ0v) is 10.9. The largest absolute Gasteiger partial charge is 0.480 e. The van der Waals surface area contributed by atoms with E-state index in [-0.39, 0.29) is 5.75 Å². The van der Waals surface area contributed by atoms with Crippen LogP contribution in [0.4, 0.5) is 0 Å². The lowest BCUT2D eigenvalue weighted by molar-refractivity contribution is 0.0114. The lowest BCUT2D eigenvalue weighted by atomic mass is 9.76. The third kappa shape index (κ3) is 3.51. The lowest BCUT2D eigenvalue weighted by Gasteiger charge is -2.24. The van der Waals surface area contributed by atoms with Crippen molar-refractivity contribution in [2.24, 2.45) is 0 Å². The lowest BCUT2D eigenvalue weighted by Crippen LogP contribution is -2.37. The minimum atomic E-state index is -2.32. The number of esters is 1. The van der Waals surface area contributed by atoms with Crippen LogP contribution in [0, 0.1) is 6.92 Å². The number of benzene rings is 1. The summed E-state index contributed by atoms with van der Waals surface area (Å²) in [6, 6.07) is 3.13. The van der Waals surface area contributed by atoms with Gasteiger partial charge in [-0.15, -0.1) is 0 Å². The van der Waals surface area contributed by atoms with Gasteiger partial charge >= 0.3 is 5.97 Å². The second-order valence-electron chi connectivity index (χ2n) is 3.39. The molecule has 4 radical (unpaired) electrons. The normalized spacial score (nSPS) is 11.1. The Kier molecular flexibility index (Phi) is 4.27. The van der Waals surface area contributed by atoms with E-state index in [1.165, 1.54) is 7.11 Å². The summed E-state index contributed by atoms with van der Waals surface area (Å²) in [6.07, 6.45) is 0. The van der Waals surface area contributed by atoms with Gasteiger partial charge in [-0.1, -0.05) is 0 Å². The van der Waals surface area contributed by atoms with Crippen molar-refractivity contribution in [1.82, 2.24) is 0 Å². The number of hydrogen-bond donors (Lipinski definition) is 1. The van der Waals surface area contributed by atoms with Gasteiger partial charge in [-0.3, -0.25) is 0 Å². The van der Waals surface area contributed by atoms with Gasteiger partial charge < -0.3 is 14.6 Å². The molecule has 0 amide bonds. The number of methoxy groups -OCH3 is 1. The van der Waals surface area contributed by atoms with Gasteiger partial charge in [-0.25, -0.2) is 4.79 Å². The summed E-state index contributed by atoms with van der Waals surface area (Å²) in [5, 5.41) is 9.20. The fraction of sp³-hybridized carbons (Fsp3) is 0.300. The van der Waals surface area contributed by atoms with Crippen molar-refractivity contribution in [3.63, 3.8) is 0 Å². The third-order valence-electron chi connectivity index (χ3n) is 2.03. The average Bonchev–Trinajstić information content (AvgIpc) is 2.22. The van der Waals surface area contributed by atoms with Gasteiger partial charge in [0.05, 0.1) is 17.1 Å². The van der Waals surface area contributed by atoms with Crippen LogP contribution >= 0.6 is 15.9 Å². The Morgan fingerprint density at radius 3 is 2.53 bits per heavy atom. The highest BCUT2D eigenvalue weighted by Crippen LogP contribution is 2.32. The van der Waals surface area contributed by atoms with Crippen LogP contribution in [0.2, 0.25) is 0 Å². The number of halogens is 1. The summed E-state index contributed by atoms with van der Waals surface area (Å²) in [6.45, 7) is 1.62. The van der Waals surface area contributed by atoms with E-state index in [1.54, 1.807) is 19.1 Å². The van der Waals surface area contributed by atoms with Gasteiger partial charge in [0.2, 0.25) is 0 Å². The molecule has 86 valence electrons. The number of hydrogen-bond acceptors (Lipinski definition) is 4. The molecule has 7 heteroatoms. The van der Waals surface area contributed by atoms with Crippen LogP contribution in [0.15, 0.2) is 16.6 Å². The molecule has 1 N–H and O–H groups in total. The highest BCUT2D eigenvalue weighted by molar-refractivity contribution is 9.10. The highest BCUT2D eigenvalue weighted by atomic mass is 79.9. The van der Waals surface area contributed by atoms with Crippen LogP contribution in [0.5, 0.6) is 5.75 Å². The Balaban J connectivity index is 3.25. The maximum absolute atomic E-state index is 11.4. The topological polar surface area (TPSA) is 55.8 Å². The number of aliphatic hydroxyl groups is 1. The van der Waals surface area contributed by atoms with Crippen LogP contribution in [-0.2, 0) is 4.74 Å². The Morgan fingerprint density at radius 2 is 2.06 bits per heavy atom. The van der Waals surface area contributed by atoms with Crippen molar-refractivity contribution in [2.75, 3.05) is 7.11 Å². The van der Waals surface area contributed by atoms with E-state index in [1.807, 2.05) is 0 Å².